The molecule has 80 valence electrons. The van der Waals surface area contributed by atoms with Crippen LogP contribution in [-0.4, -0.2) is 35.0 Å². The standard InChI is InChI=1S/C10H17NO3/c1-8(7-10(13)14)6-9(12)11-4-2-3-5-11/h8H,2-7H2,1H3,(H,13,14)/t8-/m1/s1. The van der Waals surface area contributed by atoms with Gasteiger partial charge in [0.05, 0.1) is 0 Å². The van der Waals surface area contributed by atoms with Gasteiger partial charge in [-0.3, -0.25) is 9.59 Å². The Bertz CT molecular complexity index is 221. The van der Waals surface area contributed by atoms with Crippen molar-refractivity contribution < 1.29 is 14.7 Å². The van der Waals surface area contributed by atoms with Crippen molar-refractivity contribution in [2.45, 2.75) is 32.6 Å². The number of rotatable bonds is 4. The smallest absolute Gasteiger partial charge is 0.303 e. The summed E-state index contributed by atoms with van der Waals surface area (Å²) < 4.78 is 0. The molecule has 0 radical (unpaired) electrons. The number of carboxylic acid groups (broad SMARTS) is 1. The molecule has 1 N–H and O–H groups in total. The molecule has 1 atom stereocenters. The fourth-order valence-corrected chi connectivity index (χ4v) is 1.76. The summed E-state index contributed by atoms with van der Waals surface area (Å²) in [6, 6.07) is 0. The third-order valence-corrected chi connectivity index (χ3v) is 2.50. The number of carbonyl (C=O) groups is 2. The molecule has 1 heterocycles. The molecule has 0 saturated carbocycles. The van der Waals surface area contributed by atoms with Crippen LogP contribution in [0.2, 0.25) is 0 Å². The number of carbonyl (C=O) groups excluding carboxylic acids is 1. The van der Waals surface area contributed by atoms with Crippen LogP contribution >= 0.6 is 0 Å². The lowest BCUT2D eigenvalue weighted by atomic mass is 10.0. The van der Waals surface area contributed by atoms with Crippen LogP contribution < -0.4 is 0 Å². The summed E-state index contributed by atoms with van der Waals surface area (Å²) in [5, 5.41) is 8.54. The Labute approximate surface area is 83.9 Å². The monoisotopic (exact) mass is 199 g/mol. The van der Waals surface area contributed by atoms with E-state index >= 15 is 0 Å². The zero-order chi connectivity index (χ0) is 10.6. The summed E-state index contributed by atoms with van der Waals surface area (Å²) in [5.41, 5.74) is 0. The topological polar surface area (TPSA) is 57.6 Å². The van der Waals surface area contributed by atoms with Crippen LogP contribution in [0.25, 0.3) is 0 Å². The average Bonchev–Trinajstić information content (AvgIpc) is 2.53. The Kier molecular flexibility index (Phi) is 3.92. The van der Waals surface area contributed by atoms with Crippen molar-refractivity contribution in [1.82, 2.24) is 4.90 Å². The largest absolute Gasteiger partial charge is 0.481 e. The molecule has 0 aliphatic carbocycles. The Morgan fingerprint density at radius 1 is 1.29 bits per heavy atom. The summed E-state index contributed by atoms with van der Waals surface area (Å²) in [5.74, 6) is -0.774. The number of hydrogen-bond acceptors (Lipinski definition) is 2. The van der Waals surface area contributed by atoms with E-state index < -0.39 is 5.97 Å². The minimum Gasteiger partial charge on any atom is -0.481 e. The molecule has 14 heavy (non-hydrogen) atoms. The summed E-state index contributed by atoms with van der Waals surface area (Å²) >= 11 is 0. The van der Waals surface area contributed by atoms with E-state index in [2.05, 4.69) is 0 Å². The van der Waals surface area contributed by atoms with Crippen molar-refractivity contribution in [3.63, 3.8) is 0 Å². The van der Waals surface area contributed by atoms with Gasteiger partial charge in [0.2, 0.25) is 5.91 Å². The Balaban J connectivity index is 2.28. The predicted octanol–water partition coefficient (Wildman–Crippen LogP) is 1.11. The van der Waals surface area contributed by atoms with E-state index in [0.717, 1.165) is 25.9 Å². The van der Waals surface area contributed by atoms with Gasteiger partial charge in [0, 0.05) is 25.9 Å². The van der Waals surface area contributed by atoms with Gasteiger partial charge in [-0.15, -0.1) is 0 Å². The predicted molar refractivity (Wildman–Crippen MR) is 51.8 cm³/mol. The molecule has 4 heteroatoms. The van der Waals surface area contributed by atoms with E-state index in [9.17, 15) is 9.59 Å². The first-order chi connectivity index (χ1) is 6.59. The van der Waals surface area contributed by atoms with E-state index in [1.807, 2.05) is 11.8 Å². The Morgan fingerprint density at radius 3 is 2.36 bits per heavy atom. The highest BCUT2D eigenvalue weighted by atomic mass is 16.4. The number of nitrogens with zero attached hydrogens (tertiary/aromatic N) is 1. The quantitative estimate of drug-likeness (QED) is 0.737. The lowest BCUT2D eigenvalue weighted by Gasteiger charge is -2.17. The molecule has 4 nitrogen and oxygen atoms in total. The first-order valence-electron chi connectivity index (χ1n) is 5.09. The number of aliphatic carboxylic acids is 1. The minimum absolute atomic E-state index is 0.0550. The average molecular weight is 199 g/mol. The molecule has 0 bridgehead atoms. The summed E-state index contributed by atoms with van der Waals surface area (Å²) in [6.07, 6.45) is 2.62. The lowest BCUT2D eigenvalue weighted by molar-refractivity contribution is -0.138. The zero-order valence-electron chi connectivity index (χ0n) is 8.53. The van der Waals surface area contributed by atoms with Crippen molar-refractivity contribution in [1.29, 1.82) is 0 Å². The molecule has 0 aromatic carbocycles. The first kappa shape index (κ1) is 11.0. The van der Waals surface area contributed by atoms with Crippen LogP contribution in [0, 0.1) is 5.92 Å². The van der Waals surface area contributed by atoms with Crippen LogP contribution in [0.5, 0.6) is 0 Å². The SMILES string of the molecule is C[C@@H](CC(=O)O)CC(=O)N1CCCC1. The number of likely N-dealkylation sites (tertiary alicyclic amines) is 1. The van der Waals surface area contributed by atoms with Crippen LogP contribution in [0.1, 0.15) is 32.6 Å². The van der Waals surface area contributed by atoms with Crippen molar-refractivity contribution in [2.75, 3.05) is 13.1 Å². The first-order valence-corrected chi connectivity index (χ1v) is 5.09. The highest BCUT2D eigenvalue weighted by Crippen LogP contribution is 2.14. The van der Waals surface area contributed by atoms with Crippen molar-refractivity contribution in [3.8, 4) is 0 Å². The Hall–Kier alpha value is -1.06. The van der Waals surface area contributed by atoms with E-state index in [-0.39, 0.29) is 18.2 Å². The van der Waals surface area contributed by atoms with Gasteiger partial charge < -0.3 is 10.0 Å². The highest BCUT2D eigenvalue weighted by molar-refractivity contribution is 5.77. The van der Waals surface area contributed by atoms with Crippen molar-refractivity contribution in [2.24, 2.45) is 5.92 Å². The molecule has 1 rings (SSSR count). The highest BCUT2D eigenvalue weighted by Gasteiger charge is 2.20. The fourth-order valence-electron chi connectivity index (χ4n) is 1.76. The van der Waals surface area contributed by atoms with Crippen LogP contribution in [-0.2, 0) is 9.59 Å². The summed E-state index contributed by atoms with van der Waals surface area (Å²) in [7, 11) is 0. The molecule has 0 aromatic rings. The van der Waals surface area contributed by atoms with Crippen molar-refractivity contribution in [3.05, 3.63) is 0 Å². The molecule has 0 aromatic heterocycles. The Morgan fingerprint density at radius 2 is 1.86 bits per heavy atom. The number of carboxylic acids is 1. The molecule has 1 saturated heterocycles. The van der Waals surface area contributed by atoms with Crippen LogP contribution in [0.3, 0.4) is 0 Å². The second kappa shape index (κ2) is 4.98. The van der Waals surface area contributed by atoms with Gasteiger partial charge in [0.15, 0.2) is 0 Å². The van der Waals surface area contributed by atoms with Gasteiger partial charge >= 0.3 is 5.97 Å². The molecule has 1 aliphatic heterocycles. The summed E-state index contributed by atoms with van der Waals surface area (Å²) in [6.45, 7) is 3.50. The normalized spacial score (nSPS) is 18.2. The van der Waals surface area contributed by atoms with Gasteiger partial charge in [0.25, 0.3) is 0 Å². The van der Waals surface area contributed by atoms with E-state index in [4.69, 9.17) is 5.11 Å². The second-order valence-corrected chi connectivity index (χ2v) is 4.00. The van der Waals surface area contributed by atoms with E-state index in [1.54, 1.807) is 0 Å². The van der Waals surface area contributed by atoms with E-state index in [1.165, 1.54) is 0 Å². The van der Waals surface area contributed by atoms with Gasteiger partial charge in [-0.05, 0) is 18.8 Å². The molecular weight excluding hydrogens is 182 g/mol. The van der Waals surface area contributed by atoms with Gasteiger partial charge in [0.1, 0.15) is 0 Å². The third-order valence-electron chi connectivity index (χ3n) is 2.50. The molecule has 1 amide bonds. The third kappa shape index (κ3) is 3.36. The maximum absolute atomic E-state index is 11.6. The molecule has 1 aliphatic rings. The minimum atomic E-state index is -0.827. The molecule has 0 spiro atoms. The molecule has 1 fully saturated rings. The summed E-state index contributed by atoms with van der Waals surface area (Å²) in [4.78, 5) is 23.8. The maximum Gasteiger partial charge on any atom is 0.303 e. The lowest BCUT2D eigenvalue weighted by Crippen LogP contribution is -2.29. The zero-order valence-corrected chi connectivity index (χ0v) is 8.53. The van der Waals surface area contributed by atoms with E-state index in [0.29, 0.717) is 6.42 Å². The molecule has 0 unspecified atom stereocenters. The van der Waals surface area contributed by atoms with Gasteiger partial charge in [-0.1, -0.05) is 6.92 Å². The number of amides is 1. The van der Waals surface area contributed by atoms with Gasteiger partial charge in [-0.2, -0.15) is 0 Å². The van der Waals surface area contributed by atoms with Crippen LogP contribution in [0.4, 0.5) is 0 Å². The maximum atomic E-state index is 11.6. The fraction of sp³-hybridized carbons (Fsp3) is 0.800. The molecular formula is C10H17NO3. The van der Waals surface area contributed by atoms with Crippen molar-refractivity contribution >= 4 is 11.9 Å². The number of hydrogen-bond donors (Lipinski definition) is 1. The van der Waals surface area contributed by atoms with Gasteiger partial charge in [-0.25, -0.2) is 0 Å². The second-order valence-electron chi connectivity index (χ2n) is 4.00. The van der Waals surface area contributed by atoms with Crippen LogP contribution in [0.15, 0.2) is 0 Å².